The molecule has 65 heavy (non-hydrogen) atoms. The average molecular weight is 915 g/mol. The van der Waals surface area contributed by atoms with Crippen LogP contribution in [0.15, 0.2) is 36.5 Å². The molecule has 0 bridgehead atoms. The van der Waals surface area contributed by atoms with Gasteiger partial charge in [-0.3, -0.25) is 9.59 Å². The predicted molar refractivity (Wildman–Crippen MR) is 282 cm³/mol. The van der Waals surface area contributed by atoms with Crippen molar-refractivity contribution in [3.8, 4) is 0 Å². The van der Waals surface area contributed by atoms with Crippen LogP contribution in [0.2, 0.25) is 0 Å². The Morgan fingerprint density at radius 1 is 0.446 bits per heavy atom. The first kappa shape index (κ1) is 63.1. The van der Waals surface area contributed by atoms with Crippen molar-refractivity contribution in [2.75, 3.05) is 6.61 Å². The number of ether oxygens (including phenoxy) is 1. The van der Waals surface area contributed by atoms with Gasteiger partial charge < -0.3 is 20.3 Å². The summed E-state index contributed by atoms with van der Waals surface area (Å²) in [6, 6.07) is -0.707. The number of unbranched alkanes of at least 4 members (excludes halogenated alkanes) is 34. The molecule has 3 N–H and O–H groups in total. The molecule has 0 aromatic heterocycles. The molecule has 3 atom stereocenters. The fraction of sp³-hybridized carbons (Fsp3) is 0.864. The first-order chi connectivity index (χ1) is 32.0. The number of rotatable bonds is 52. The van der Waals surface area contributed by atoms with E-state index in [0.29, 0.717) is 19.3 Å². The van der Waals surface area contributed by atoms with Gasteiger partial charge in [0.1, 0.15) is 6.10 Å². The predicted octanol–water partition coefficient (Wildman–Crippen LogP) is 17.6. The minimum Gasteiger partial charge on any atom is -0.462 e. The molecule has 0 spiro atoms. The van der Waals surface area contributed by atoms with Crippen molar-refractivity contribution in [3.05, 3.63) is 36.5 Å². The second-order valence-electron chi connectivity index (χ2n) is 19.7. The fourth-order valence-corrected chi connectivity index (χ4v) is 8.81. The summed E-state index contributed by atoms with van der Waals surface area (Å²) < 4.78 is 5.95. The van der Waals surface area contributed by atoms with Gasteiger partial charge in [-0.1, -0.05) is 243 Å². The van der Waals surface area contributed by atoms with Crippen molar-refractivity contribution in [2.45, 2.75) is 322 Å². The number of carbonyl (C=O) groups excluding carboxylic acids is 2. The fourth-order valence-electron chi connectivity index (χ4n) is 8.81. The number of aliphatic hydroxyl groups excluding tert-OH is 2. The highest BCUT2D eigenvalue weighted by Crippen LogP contribution is 2.18. The lowest BCUT2D eigenvalue weighted by Crippen LogP contribution is -2.46. The van der Waals surface area contributed by atoms with E-state index in [1.807, 2.05) is 0 Å². The maximum Gasteiger partial charge on any atom is 0.306 e. The largest absolute Gasteiger partial charge is 0.462 e. The van der Waals surface area contributed by atoms with Gasteiger partial charge in [0, 0.05) is 6.42 Å². The first-order valence-electron chi connectivity index (χ1n) is 28.7. The average Bonchev–Trinajstić information content (AvgIpc) is 3.30. The second-order valence-corrected chi connectivity index (χ2v) is 19.7. The Kier molecular flexibility index (Phi) is 51.5. The Labute approximate surface area is 404 Å². The molecule has 0 aliphatic rings. The molecule has 0 aromatic carbocycles. The van der Waals surface area contributed by atoms with Gasteiger partial charge in [0.2, 0.25) is 5.91 Å². The molecule has 0 aliphatic carbocycles. The van der Waals surface area contributed by atoms with Crippen LogP contribution in [0.3, 0.4) is 0 Å². The van der Waals surface area contributed by atoms with E-state index >= 15 is 0 Å². The van der Waals surface area contributed by atoms with Gasteiger partial charge in [-0.15, -0.1) is 0 Å². The van der Waals surface area contributed by atoms with E-state index in [2.05, 4.69) is 62.5 Å². The molecule has 0 radical (unpaired) electrons. The number of aliphatic hydroxyl groups is 2. The highest BCUT2D eigenvalue weighted by molar-refractivity contribution is 5.77. The van der Waals surface area contributed by atoms with Crippen LogP contribution in [0.1, 0.15) is 303 Å². The van der Waals surface area contributed by atoms with Crippen LogP contribution in [0.4, 0.5) is 0 Å². The van der Waals surface area contributed by atoms with E-state index in [-0.39, 0.29) is 24.9 Å². The number of carbonyl (C=O) groups is 2. The van der Waals surface area contributed by atoms with Gasteiger partial charge in [-0.05, 0) is 83.5 Å². The number of hydrogen-bond acceptors (Lipinski definition) is 5. The zero-order valence-corrected chi connectivity index (χ0v) is 43.6. The second kappa shape index (κ2) is 53.0. The molecule has 0 saturated carbocycles. The lowest BCUT2D eigenvalue weighted by atomic mass is 10.0. The Morgan fingerprint density at radius 3 is 1.22 bits per heavy atom. The van der Waals surface area contributed by atoms with Crippen molar-refractivity contribution < 1.29 is 24.5 Å². The maximum absolute atomic E-state index is 13.3. The van der Waals surface area contributed by atoms with Crippen LogP contribution < -0.4 is 5.32 Å². The van der Waals surface area contributed by atoms with Gasteiger partial charge in [0.05, 0.1) is 25.2 Å². The van der Waals surface area contributed by atoms with Crippen LogP contribution in [0, 0.1) is 0 Å². The van der Waals surface area contributed by atoms with Crippen LogP contribution >= 0.6 is 0 Å². The lowest BCUT2D eigenvalue weighted by Gasteiger charge is -2.24. The third kappa shape index (κ3) is 48.3. The standard InChI is InChI=1S/C59H111NO5/c1-4-7-10-13-16-19-22-25-28-31-34-37-40-43-46-49-52-59(64)65-55(50-47-44-41-38-35-32-29-26-23-20-17-14-11-8-5-2)53-58(63)60-56(54-61)57(62)51-48-45-42-39-36-33-30-27-24-21-18-15-12-9-6-3/h17,20,26,28-29,31,55-57,61-62H,4-16,18-19,21-25,27,30,32-54H2,1-3H3,(H,60,63)/b20-17-,29-26-,31-28+. The van der Waals surface area contributed by atoms with Crippen molar-refractivity contribution in [2.24, 2.45) is 0 Å². The Balaban J connectivity index is 4.57. The summed E-state index contributed by atoms with van der Waals surface area (Å²) in [4.78, 5) is 26.3. The minimum atomic E-state index is -0.792. The van der Waals surface area contributed by atoms with Crippen molar-refractivity contribution in [1.82, 2.24) is 5.32 Å². The van der Waals surface area contributed by atoms with E-state index in [1.54, 1.807) is 0 Å². The number of amides is 1. The van der Waals surface area contributed by atoms with Gasteiger partial charge in [-0.2, -0.15) is 0 Å². The minimum absolute atomic E-state index is 0.0677. The van der Waals surface area contributed by atoms with E-state index in [1.165, 1.54) is 186 Å². The Hall–Kier alpha value is -1.92. The summed E-state index contributed by atoms with van der Waals surface area (Å²) in [6.45, 7) is 6.48. The third-order valence-corrected chi connectivity index (χ3v) is 13.2. The molecule has 0 aliphatic heterocycles. The van der Waals surface area contributed by atoms with Crippen molar-refractivity contribution >= 4 is 11.9 Å². The molecule has 6 heteroatoms. The SMILES string of the molecule is CCCCC/C=C\C/C=C\CCCCCCCC(CC(=O)NC(CO)C(O)CCCCCCCCCCCCCCCCC)OC(=O)CCCCCCC/C=C/CCCCCCCCC. The number of hydrogen-bond donors (Lipinski definition) is 3. The highest BCUT2D eigenvalue weighted by Gasteiger charge is 2.24. The number of nitrogens with one attached hydrogen (secondary N) is 1. The highest BCUT2D eigenvalue weighted by atomic mass is 16.5. The van der Waals surface area contributed by atoms with E-state index < -0.39 is 18.2 Å². The molecular formula is C59H111NO5. The summed E-state index contributed by atoms with van der Waals surface area (Å²) in [7, 11) is 0. The maximum atomic E-state index is 13.3. The van der Waals surface area contributed by atoms with Crippen LogP contribution in [0.25, 0.3) is 0 Å². The van der Waals surface area contributed by atoms with Gasteiger partial charge in [0.15, 0.2) is 0 Å². The van der Waals surface area contributed by atoms with Crippen molar-refractivity contribution in [1.29, 1.82) is 0 Å². The molecule has 382 valence electrons. The summed E-state index contributed by atoms with van der Waals surface area (Å²) >= 11 is 0. The first-order valence-corrected chi connectivity index (χ1v) is 28.7. The quantitative estimate of drug-likeness (QED) is 0.0321. The molecule has 6 nitrogen and oxygen atoms in total. The smallest absolute Gasteiger partial charge is 0.306 e. The van der Waals surface area contributed by atoms with Crippen LogP contribution in [-0.4, -0.2) is 46.9 Å². The molecule has 3 unspecified atom stereocenters. The molecule has 0 rings (SSSR count). The van der Waals surface area contributed by atoms with Crippen LogP contribution in [-0.2, 0) is 14.3 Å². The third-order valence-electron chi connectivity index (χ3n) is 13.2. The summed E-state index contributed by atoms with van der Waals surface area (Å²) in [5.41, 5.74) is 0. The molecular weight excluding hydrogens is 803 g/mol. The topological polar surface area (TPSA) is 95.9 Å². The number of allylic oxidation sites excluding steroid dienone is 6. The lowest BCUT2D eigenvalue weighted by molar-refractivity contribution is -0.151. The molecule has 0 heterocycles. The van der Waals surface area contributed by atoms with E-state index in [4.69, 9.17) is 4.74 Å². The Morgan fingerprint density at radius 2 is 0.785 bits per heavy atom. The zero-order chi connectivity index (χ0) is 47.4. The molecule has 0 fully saturated rings. The monoisotopic (exact) mass is 914 g/mol. The summed E-state index contributed by atoms with van der Waals surface area (Å²) in [5, 5.41) is 23.9. The van der Waals surface area contributed by atoms with E-state index in [0.717, 1.165) is 70.6 Å². The van der Waals surface area contributed by atoms with Gasteiger partial charge in [-0.25, -0.2) is 0 Å². The normalized spacial score (nSPS) is 13.4. The van der Waals surface area contributed by atoms with Crippen molar-refractivity contribution in [3.63, 3.8) is 0 Å². The summed E-state index contributed by atoms with van der Waals surface area (Å²) in [6.07, 6.45) is 63.5. The van der Waals surface area contributed by atoms with Gasteiger partial charge >= 0.3 is 5.97 Å². The summed E-state index contributed by atoms with van der Waals surface area (Å²) in [5.74, 6) is -0.484. The van der Waals surface area contributed by atoms with Gasteiger partial charge in [0.25, 0.3) is 0 Å². The number of esters is 1. The van der Waals surface area contributed by atoms with Crippen LogP contribution in [0.5, 0.6) is 0 Å². The molecule has 1 amide bonds. The molecule has 0 aromatic rings. The zero-order valence-electron chi connectivity index (χ0n) is 43.6. The van der Waals surface area contributed by atoms with E-state index in [9.17, 15) is 19.8 Å². The Bertz CT molecular complexity index is 1070. The molecule has 0 saturated heterocycles.